The largest absolute Gasteiger partial charge is 0.460 e. The number of hydrogen-bond acceptors (Lipinski definition) is 10. The molecular formula is C32H57NO9. The number of carbonyl (C=O) groups excluding carboxylic acids is 1. The van der Waals surface area contributed by atoms with Crippen LogP contribution in [0.15, 0.2) is 24.3 Å². The van der Waals surface area contributed by atoms with Crippen LogP contribution in [0.3, 0.4) is 0 Å². The van der Waals surface area contributed by atoms with Crippen LogP contribution in [0.1, 0.15) is 69.2 Å². The summed E-state index contributed by atoms with van der Waals surface area (Å²) in [6, 6.07) is 7.31. The average molecular weight is 600 g/mol. The maximum Gasteiger partial charge on any atom is 0.338 e. The second kappa shape index (κ2) is 30.7. The minimum absolute atomic E-state index is 0.200. The van der Waals surface area contributed by atoms with E-state index in [-0.39, 0.29) is 12.6 Å². The number of benzene rings is 1. The molecule has 0 aromatic heterocycles. The van der Waals surface area contributed by atoms with Gasteiger partial charge in [0.25, 0.3) is 0 Å². The second-order valence-electron chi connectivity index (χ2n) is 9.69. The number of ether oxygens (including phenoxy) is 8. The van der Waals surface area contributed by atoms with Crippen molar-refractivity contribution >= 4 is 11.7 Å². The first-order valence-corrected chi connectivity index (χ1v) is 15.8. The average Bonchev–Trinajstić information content (AvgIpc) is 3.01. The van der Waals surface area contributed by atoms with E-state index < -0.39 is 0 Å². The van der Waals surface area contributed by atoms with Crippen LogP contribution in [0.5, 0.6) is 0 Å². The van der Waals surface area contributed by atoms with Gasteiger partial charge in [0.05, 0.1) is 91.5 Å². The van der Waals surface area contributed by atoms with E-state index in [1.807, 2.05) is 12.1 Å². The summed E-state index contributed by atoms with van der Waals surface area (Å²) < 4.78 is 43.6. The highest BCUT2D eigenvalue weighted by Crippen LogP contribution is 2.11. The molecule has 10 heteroatoms. The van der Waals surface area contributed by atoms with E-state index in [1.54, 1.807) is 12.1 Å². The lowest BCUT2D eigenvalue weighted by molar-refractivity contribution is -0.0223. The Balaban J connectivity index is 1.74. The smallest absolute Gasteiger partial charge is 0.338 e. The number of carbonyl (C=O) groups is 1. The van der Waals surface area contributed by atoms with Crippen LogP contribution in [-0.4, -0.2) is 112 Å². The Morgan fingerprint density at radius 2 is 0.905 bits per heavy atom. The lowest BCUT2D eigenvalue weighted by atomic mass is 10.2. The van der Waals surface area contributed by atoms with Crippen molar-refractivity contribution in [1.29, 1.82) is 0 Å². The van der Waals surface area contributed by atoms with Crippen LogP contribution in [0.25, 0.3) is 0 Å². The molecule has 0 unspecified atom stereocenters. The van der Waals surface area contributed by atoms with Gasteiger partial charge in [-0.3, -0.25) is 0 Å². The highest BCUT2D eigenvalue weighted by atomic mass is 16.6. The van der Waals surface area contributed by atoms with Gasteiger partial charge in [0.1, 0.15) is 6.61 Å². The lowest BCUT2D eigenvalue weighted by Gasteiger charge is -2.09. The van der Waals surface area contributed by atoms with Gasteiger partial charge in [-0.15, -0.1) is 0 Å². The van der Waals surface area contributed by atoms with E-state index in [4.69, 9.17) is 37.9 Å². The van der Waals surface area contributed by atoms with E-state index in [0.717, 1.165) is 38.1 Å². The van der Waals surface area contributed by atoms with Crippen molar-refractivity contribution in [2.24, 2.45) is 0 Å². The summed E-state index contributed by atoms with van der Waals surface area (Å²) in [5.41, 5.74) is 1.53. The molecule has 1 aromatic rings. The molecule has 42 heavy (non-hydrogen) atoms. The van der Waals surface area contributed by atoms with Crippen molar-refractivity contribution in [1.82, 2.24) is 0 Å². The van der Waals surface area contributed by atoms with Crippen LogP contribution in [0, 0.1) is 0 Å². The Kier molecular flexibility index (Phi) is 27.9. The van der Waals surface area contributed by atoms with Gasteiger partial charge in [-0.1, -0.05) is 46.0 Å². The van der Waals surface area contributed by atoms with Crippen LogP contribution < -0.4 is 5.32 Å². The number of unbranched alkanes of at least 4 members (excludes halogenated alkanes) is 5. The Labute approximate surface area is 254 Å². The summed E-state index contributed by atoms with van der Waals surface area (Å²) in [6.45, 7) is 12.9. The molecule has 1 N–H and O–H groups in total. The van der Waals surface area contributed by atoms with Gasteiger partial charge in [0.2, 0.25) is 0 Å². The number of nitrogens with one attached hydrogen (secondary N) is 1. The monoisotopic (exact) mass is 599 g/mol. The number of anilines is 1. The normalized spacial score (nSPS) is 11.2. The van der Waals surface area contributed by atoms with Crippen molar-refractivity contribution in [3.05, 3.63) is 29.8 Å². The van der Waals surface area contributed by atoms with Crippen LogP contribution in [0.2, 0.25) is 0 Å². The summed E-state index contributed by atoms with van der Waals surface area (Å²) in [5, 5.41) is 3.32. The molecular weight excluding hydrogens is 542 g/mol. The topological polar surface area (TPSA) is 103 Å². The first-order chi connectivity index (χ1) is 20.8. The van der Waals surface area contributed by atoms with Gasteiger partial charge >= 0.3 is 5.97 Å². The van der Waals surface area contributed by atoms with E-state index in [2.05, 4.69) is 19.2 Å². The molecule has 0 saturated carbocycles. The summed E-state index contributed by atoms with van der Waals surface area (Å²) in [5.74, 6) is -0.353. The van der Waals surface area contributed by atoms with E-state index in [9.17, 15) is 4.79 Å². The zero-order valence-corrected chi connectivity index (χ0v) is 26.2. The van der Waals surface area contributed by atoms with E-state index in [1.165, 1.54) is 25.7 Å². The molecule has 0 aliphatic heterocycles. The third-order valence-electron chi connectivity index (χ3n) is 6.07. The van der Waals surface area contributed by atoms with Gasteiger partial charge in [-0.25, -0.2) is 4.79 Å². The standard InChI is InChI=1S/C32H57NO9/c1-3-5-7-8-9-15-35-16-17-36-18-19-37-20-21-38-22-23-39-24-25-40-26-27-41-28-29-42-32(34)30-10-12-31(13-11-30)33-14-6-4-2/h10-13,33H,3-9,14-29H2,1-2H3. The molecule has 0 spiro atoms. The summed E-state index contributed by atoms with van der Waals surface area (Å²) in [4.78, 5) is 12.1. The highest BCUT2D eigenvalue weighted by molar-refractivity contribution is 5.89. The molecule has 0 atom stereocenters. The molecule has 10 nitrogen and oxygen atoms in total. The van der Waals surface area contributed by atoms with Crippen LogP contribution >= 0.6 is 0 Å². The predicted octanol–water partition coefficient (Wildman–Crippen LogP) is 5.14. The third-order valence-corrected chi connectivity index (χ3v) is 6.07. The third kappa shape index (κ3) is 24.8. The van der Waals surface area contributed by atoms with Crippen molar-refractivity contribution in [2.45, 2.75) is 58.8 Å². The highest BCUT2D eigenvalue weighted by Gasteiger charge is 2.06. The van der Waals surface area contributed by atoms with Crippen LogP contribution in [-0.2, 0) is 37.9 Å². The Morgan fingerprint density at radius 1 is 0.500 bits per heavy atom. The summed E-state index contributed by atoms with van der Waals surface area (Å²) in [7, 11) is 0. The van der Waals surface area contributed by atoms with E-state index >= 15 is 0 Å². The first kappa shape index (κ1) is 38.2. The number of esters is 1. The number of hydrogen-bond donors (Lipinski definition) is 1. The molecule has 0 heterocycles. The van der Waals surface area contributed by atoms with Gasteiger partial charge in [-0.2, -0.15) is 0 Å². The SMILES string of the molecule is CCCCCCCOCCOCCOCCOCCOCCOCCOCCOC(=O)c1ccc(NCCCC)cc1. The van der Waals surface area contributed by atoms with Gasteiger partial charge < -0.3 is 43.2 Å². The molecule has 1 aromatic carbocycles. The van der Waals surface area contributed by atoms with Gasteiger partial charge in [0, 0.05) is 18.8 Å². The summed E-state index contributed by atoms with van der Waals surface area (Å²) in [6.07, 6.45) is 8.52. The Hall–Kier alpha value is -1.79. The fraction of sp³-hybridized carbons (Fsp3) is 0.781. The second-order valence-corrected chi connectivity index (χ2v) is 9.69. The lowest BCUT2D eigenvalue weighted by Crippen LogP contribution is -2.15. The maximum absolute atomic E-state index is 12.1. The van der Waals surface area contributed by atoms with Gasteiger partial charge in [-0.05, 0) is 37.1 Å². The molecule has 0 saturated heterocycles. The fourth-order valence-corrected chi connectivity index (χ4v) is 3.64. The van der Waals surface area contributed by atoms with Crippen molar-refractivity contribution in [3.8, 4) is 0 Å². The quantitative estimate of drug-likeness (QED) is 0.0884. The molecule has 1 rings (SSSR count). The Morgan fingerprint density at radius 3 is 1.36 bits per heavy atom. The molecule has 0 radical (unpaired) electrons. The summed E-state index contributed by atoms with van der Waals surface area (Å²) >= 11 is 0. The minimum atomic E-state index is -0.353. The molecule has 0 fully saturated rings. The first-order valence-electron chi connectivity index (χ1n) is 15.8. The zero-order valence-electron chi connectivity index (χ0n) is 26.2. The van der Waals surface area contributed by atoms with Gasteiger partial charge in [0.15, 0.2) is 0 Å². The maximum atomic E-state index is 12.1. The van der Waals surface area contributed by atoms with Crippen molar-refractivity contribution in [2.75, 3.05) is 111 Å². The molecule has 0 amide bonds. The fourth-order valence-electron chi connectivity index (χ4n) is 3.64. The Bertz CT molecular complexity index is 706. The molecule has 0 bridgehead atoms. The molecule has 0 aliphatic rings. The number of rotatable bonds is 32. The van der Waals surface area contributed by atoms with Crippen molar-refractivity contribution < 1.29 is 42.7 Å². The predicted molar refractivity (Wildman–Crippen MR) is 165 cm³/mol. The van der Waals surface area contributed by atoms with E-state index in [0.29, 0.717) is 91.5 Å². The zero-order chi connectivity index (χ0) is 30.2. The van der Waals surface area contributed by atoms with Crippen molar-refractivity contribution in [3.63, 3.8) is 0 Å². The van der Waals surface area contributed by atoms with Crippen LogP contribution in [0.4, 0.5) is 5.69 Å². The minimum Gasteiger partial charge on any atom is -0.460 e. The molecule has 244 valence electrons. The molecule has 0 aliphatic carbocycles.